The third kappa shape index (κ3) is 7.47. The maximum absolute atomic E-state index is 13.1. The van der Waals surface area contributed by atoms with Crippen molar-refractivity contribution >= 4 is 23.5 Å². The van der Waals surface area contributed by atoms with Crippen molar-refractivity contribution in [2.45, 2.75) is 194 Å². The minimum Gasteiger partial charge on any atom is -0.508 e. The summed E-state index contributed by atoms with van der Waals surface area (Å²) >= 11 is 0. The number of aromatic hydroxyl groups is 1. The minimum atomic E-state index is -0.953. The highest BCUT2D eigenvalue weighted by Gasteiger charge is 2.68. The van der Waals surface area contributed by atoms with Crippen molar-refractivity contribution < 1.29 is 33.8 Å². The van der Waals surface area contributed by atoms with Crippen molar-refractivity contribution in [2.75, 3.05) is 0 Å². The highest BCUT2D eigenvalue weighted by molar-refractivity contribution is 5.92. The van der Waals surface area contributed by atoms with Gasteiger partial charge < -0.3 is 14.6 Å². The van der Waals surface area contributed by atoms with Gasteiger partial charge in [-0.05, 0) is 173 Å². The van der Waals surface area contributed by atoms with E-state index in [2.05, 4.69) is 40.7 Å². The molecule has 0 aliphatic heterocycles. The van der Waals surface area contributed by atoms with Gasteiger partial charge in [0.15, 0.2) is 17.2 Å². The molecule has 1 aromatic carbocycles. The molecule has 0 radical (unpaired) electrons. The van der Waals surface area contributed by atoms with Gasteiger partial charge in [-0.3, -0.25) is 19.2 Å². The van der Waals surface area contributed by atoms with Gasteiger partial charge in [0.1, 0.15) is 11.9 Å². The number of ketones is 2. The van der Waals surface area contributed by atoms with Gasteiger partial charge in [-0.15, -0.1) is 0 Å². The zero-order valence-electron chi connectivity index (χ0n) is 36.1. The number of benzene rings is 1. The Morgan fingerprint density at radius 2 is 1.49 bits per heavy atom. The van der Waals surface area contributed by atoms with Gasteiger partial charge in [0.25, 0.3) is 0 Å². The van der Waals surface area contributed by atoms with Crippen molar-refractivity contribution in [3.05, 3.63) is 41.0 Å². The van der Waals surface area contributed by atoms with Crippen LogP contribution < -0.4 is 0 Å². The van der Waals surface area contributed by atoms with E-state index in [-0.39, 0.29) is 45.9 Å². The van der Waals surface area contributed by atoms with Crippen LogP contribution in [0.1, 0.15) is 187 Å². The Kier molecular flexibility index (Phi) is 12.3. The molecule has 5 fully saturated rings. The van der Waals surface area contributed by atoms with E-state index < -0.39 is 5.60 Å². The molecule has 7 aliphatic carbocycles. The van der Waals surface area contributed by atoms with E-state index in [0.717, 1.165) is 89.9 Å². The molecule has 7 aliphatic rings. The number of aryl methyl sites for hydroxylation is 1. The number of hydrogen-bond acceptors (Lipinski definition) is 7. The lowest BCUT2D eigenvalue weighted by molar-refractivity contribution is -0.189. The van der Waals surface area contributed by atoms with Crippen LogP contribution in [0.25, 0.3) is 0 Å². The smallest absolute Gasteiger partial charge is 0.306 e. The van der Waals surface area contributed by atoms with Crippen LogP contribution in [0.4, 0.5) is 0 Å². The molecule has 1 unspecified atom stereocenters. The fraction of sp³-hybridized carbons (Fsp3) is 0.760. The molecule has 11 atom stereocenters. The molecular weight excluding hydrogens is 713 g/mol. The van der Waals surface area contributed by atoms with Gasteiger partial charge in [0.05, 0.1) is 0 Å². The van der Waals surface area contributed by atoms with Crippen molar-refractivity contribution in [3.63, 3.8) is 0 Å². The van der Waals surface area contributed by atoms with E-state index in [1.807, 2.05) is 18.2 Å². The number of allylic oxidation sites excluding steroid dienone is 1. The Morgan fingerprint density at radius 1 is 0.754 bits per heavy atom. The molecule has 8 rings (SSSR count). The molecule has 0 spiro atoms. The van der Waals surface area contributed by atoms with Gasteiger partial charge in [-0.2, -0.15) is 0 Å². The fourth-order valence-electron chi connectivity index (χ4n) is 14.4. The second-order valence-corrected chi connectivity index (χ2v) is 20.3. The van der Waals surface area contributed by atoms with Crippen LogP contribution >= 0.6 is 0 Å². The van der Waals surface area contributed by atoms with Crippen LogP contribution in [0, 0.1) is 45.8 Å². The monoisotopic (exact) mass is 785 g/mol. The Morgan fingerprint density at radius 3 is 2.25 bits per heavy atom. The van der Waals surface area contributed by atoms with Gasteiger partial charge in [0.2, 0.25) is 0 Å². The lowest BCUT2D eigenvalue weighted by Gasteiger charge is -2.59. The van der Waals surface area contributed by atoms with E-state index in [1.54, 1.807) is 6.92 Å². The zero-order chi connectivity index (χ0) is 40.8. The summed E-state index contributed by atoms with van der Waals surface area (Å²) in [6.07, 6.45) is 22.1. The number of rotatable bonds is 10. The molecule has 0 heterocycles. The Bertz CT molecular complexity index is 1730. The lowest BCUT2D eigenvalue weighted by Crippen LogP contribution is -2.58. The highest BCUT2D eigenvalue weighted by atomic mass is 16.6. The second-order valence-electron chi connectivity index (χ2n) is 20.3. The van der Waals surface area contributed by atoms with Gasteiger partial charge in [-0.25, -0.2) is 0 Å². The average molecular weight is 785 g/mol. The summed E-state index contributed by atoms with van der Waals surface area (Å²) < 4.78 is 12.1. The molecule has 0 saturated heterocycles. The maximum Gasteiger partial charge on any atom is 0.306 e. The van der Waals surface area contributed by atoms with E-state index in [9.17, 15) is 24.3 Å². The first-order valence-corrected chi connectivity index (χ1v) is 23.2. The first kappa shape index (κ1) is 42.2. The Labute approximate surface area is 342 Å². The molecule has 57 heavy (non-hydrogen) atoms. The molecule has 0 bridgehead atoms. The molecule has 5 saturated carbocycles. The van der Waals surface area contributed by atoms with Crippen molar-refractivity contribution in [1.82, 2.24) is 0 Å². The number of hydrogen-bond donors (Lipinski definition) is 1. The summed E-state index contributed by atoms with van der Waals surface area (Å²) in [7, 11) is 0. The minimum absolute atomic E-state index is 0.00492. The number of fused-ring (bicyclic) bond motifs is 10. The SMILES string of the molecule is CCCCC(=O)OC1CC[C@H]2[C@@H]3CCc4cc(O)ccc4[C@H]3CC[C@]12C.CCCCCC(=O)O[C@]1(C(C)=O)CC[C@H]2[C@@H]3CCC4=CC(=O)CC[C@]4(C)[C@H]3CC[C@@]21C. The van der Waals surface area contributed by atoms with Crippen LogP contribution in [0.3, 0.4) is 0 Å². The summed E-state index contributed by atoms with van der Waals surface area (Å²) in [6.45, 7) is 12.9. The van der Waals surface area contributed by atoms with Crippen molar-refractivity contribution in [2.24, 2.45) is 45.8 Å². The predicted molar refractivity (Wildman–Crippen MR) is 222 cm³/mol. The number of Topliss-reactive ketones (excluding diaryl/α,β-unsaturated/α-hetero) is 1. The van der Waals surface area contributed by atoms with Crippen LogP contribution in [0.2, 0.25) is 0 Å². The van der Waals surface area contributed by atoms with Crippen LogP contribution in [-0.2, 0) is 35.1 Å². The third-order valence-electron chi connectivity index (χ3n) is 17.6. The number of ether oxygens (including phenoxy) is 2. The van der Waals surface area contributed by atoms with Crippen molar-refractivity contribution in [3.8, 4) is 5.75 Å². The van der Waals surface area contributed by atoms with E-state index >= 15 is 0 Å². The summed E-state index contributed by atoms with van der Waals surface area (Å²) in [4.78, 5) is 50.1. The number of phenolic OH excluding ortho intramolecular Hbond substituents is 1. The fourth-order valence-corrected chi connectivity index (χ4v) is 14.4. The zero-order valence-corrected chi connectivity index (χ0v) is 36.1. The summed E-state index contributed by atoms with van der Waals surface area (Å²) in [5.74, 6) is 4.03. The standard InChI is InChI=1S/C27H40O4.C23H32O3/c1-5-6-7-8-24(30)31-27(18(2)28)16-13-23-21-10-9-19-17-20(29)11-14-25(19,3)22(21)12-15-26(23,27)4;1-3-4-5-22(25)26-21-11-10-20-19-8-6-15-14-16(24)7-9-17(15)18(19)12-13-23(20,21)2/h17,21-23H,5-16H2,1-4H3;7,9,14,18-21,24H,3-6,8,10-13H2,1-2H3/t21-,22+,23+,25+,26+,27+;18-,19-,20+,21?,23+/m11/s1. The average Bonchev–Trinajstić information content (AvgIpc) is 3.67. The first-order chi connectivity index (χ1) is 27.2. The van der Waals surface area contributed by atoms with E-state index in [1.165, 1.54) is 36.0 Å². The molecular formula is C50H72O7. The summed E-state index contributed by atoms with van der Waals surface area (Å²) in [5, 5.41) is 9.81. The second kappa shape index (κ2) is 16.6. The number of carbonyl (C=O) groups excluding carboxylic acids is 4. The maximum atomic E-state index is 13.1. The Balaban J connectivity index is 0.000000177. The third-order valence-corrected chi connectivity index (χ3v) is 17.6. The molecule has 0 amide bonds. The number of unbranched alkanes of at least 4 members (excludes halogenated alkanes) is 3. The molecule has 1 aromatic rings. The quantitative estimate of drug-likeness (QED) is 0.186. The van der Waals surface area contributed by atoms with Crippen molar-refractivity contribution in [1.29, 1.82) is 0 Å². The first-order valence-electron chi connectivity index (χ1n) is 23.2. The summed E-state index contributed by atoms with van der Waals surface area (Å²) in [5.41, 5.74) is 3.22. The number of esters is 2. The van der Waals surface area contributed by atoms with Crippen LogP contribution in [-0.4, -0.2) is 40.3 Å². The summed E-state index contributed by atoms with van der Waals surface area (Å²) in [6, 6.07) is 5.97. The van der Waals surface area contributed by atoms with Gasteiger partial charge >= 0.3 is 11.9 Å². The highest BCUT2D eigenvalue weighted by Crippen LogP contribution is 2.68. The molecule has 7 heteroatoms. The topological polar surface area (TPSA) is 107 Å². The number of phenols is 1. The Hall–Kier alpha value is -2.96. The van der Waals surface area contributed by atoms with Crippen LogP contribution in [0.15, 0.2) is 29.8 Å². The van der Waals surface area contributed by atoms with Crippen LogP contribution in [0.5, 0.6) is 5.75 Å². The molecule has 7 nitrogen and oxygen atoms in total. The predicted octanol–water partition coefficient (Wildman–Crippen LogP) is 11.3. The molecule has 0 aromatic heterocycles. The van der Waals surface area contributed by atoms with E-state index in [0.29, 0.717) is 66.9 Å². The van der Waals surface area contributed by atoms with Gasteiger partial charge in [-0.1, -0.05) is 65.5 Å². The van der Waals surface area contributed by atoms with Gasteiger partial charge in [0, 0.05) is 30.1 Å². The number of carbonyl (C=O) groups is 4. The van der Waals surface area contributed by atoms with E-state index in [4.69, 9.17) is 9.47 Å². The lowest BCUT2D eigenvalue weighted by atomic mass is 9.46. The molecule has 1 N–H and O–H groups in total. The normalized spacial score (nSPS) is 38.7. The largest absolute Gasteiger partial charge is 0.508 e. The molecule has 314 valence electrons.